The lowest BCUT2D eigenvalue weighted by atomic mass is 9.79. The number of hydrogen-bond acceptors (Lipinski definition) is 2. The van der Waals surface area contributed by atoms with Crippen molar-refractivity contribution in [2.24, 2.45) is 0 Å². The highest BCUT2D eigenvalue weighted by molar-refractivity contribution is 6.30. The molecule has 1 aromatic rings. The van der Waals surface area contributed by atoms with E-state index in [1.54, 1.807) is 0 Å². The van der Waals surface area contributed by atoms with Crippen LogP contribution in [-0.2, 0) is 0 Å². The van der Waals surface area contributed by atoms with E-state index < -0.39 is 0 Å². The summed E-state index contributed by atoms with van der Waals surface area (Å²) in [6.07, 6.45) is 7.95. The zero-order valence-corrected chi connectivity index (χ0v) is 13.1. The van der Waals surface area contributed by atoms with Gasteiger partial charge in [0.25, 0.3) is 0 Å². The van der Waals surface area contributed by atoms with Gasteiger partial charge in [-0.2, -0.15) is 0 Å². The van der Waals surface area contributed by atoms with Gasteiger partial charge in [0.2, 0.25) is 0 Å². The van der Waals surface area contributed by atoms with Gasteiger partial charge in [-0.25, -0.2) is 0 Å². The Balaban J connectivity index is 1.85. The second kappa shape index (κ2) is 5.95. The Morgan fingerprint density at radius 2 is 2.10 bits per heavy atom. The predicted molar refractivity (Wildman–Crippen MR) is 86.7 cm³/mol. The minimum atomic E-state index is 0.340. The lowest BCUT2D eigenvalue weighted by Crippen LogP contribution is -2.65. The van der Waals surface area contributed by atoms with Crippen LogP contribution < -0.4 is 10.2 Å². The first kappa shape index (κ1) is 14.2. The van der Waals surface area contributed by atoms with Crippen LogP contribution in [0, 0.1) is 0 Å². The molecule has 0 aromatic heterocycles. The fourth-order valence-electron chi connectivity index (χ4n) is 3.84. The molecule has 1 aromatic carbocycles. The molecule has 1 saturated carbocycles. The van der Waals surface area contributed by atoms with E-state index in [0.29, 0.717) is 11.6 Å². The summed E-state index contributed by atoms with van der Waals surface area (Å²) in [4.78, 5) is 2.59. The average molecular weight is 293 g/mol. The van der Waals surface area contributed by atoms with Gasteiger partial charge in [0, 0.05) is 35.4 Å². The van der Waals surface area contributed by atoms with E-state index in [-0.39, 0.29) is 0 Å². The second-order valence-corrected chi connectivity index (χ2v) is 6.83. The van der Waals surface area contributed by atoms with Gasteiger partial charge in [0.15, 0.2) is 0 Å². The van der Waals surface area contributed by atoms with Gasteiger partial charge in [-0.05, 0) is 37.5 Å². The number of halogens is 1. The molecule has 110 valence electrons. The van der Waals surface area contributed by atoms with Gasteiger partial charge in [-0.3, -0.25) is 0 Å². The van der Waals surface area contributed by atoms with Crippen LogP contribution in [0.1, 0.15) is 45.4 Å². The molecule has 2 fully saturated rings. The number of hydrogen-bond donors (Lipinski definition) is 1. The Labute approximate surface area is 127 Å². The van der Waals surface area contributed by atoms with Crippen LogP contribution in [0.4, 0.5) is 5.69 Å². The first-order valence-electron chi connectivity index (χ1n) is 8.00. The van der Waals surface area contributed by atoms with Crippen molar-refractivity contribution in [1.82, 2.24) is 5.32 Å². The summed E-state index contributed by atoms with van der Waals surface area (Å²) in [5.74, 6) is 0. The van der Waals surface area contributed by atoms with Gasteiger partial charge in [-0.1, -0.05) is 43.9 Å². The molecule has 1 aliphatic heterocycles. The van der Waals surface area contributed by atoms with Gasteiger partial charge in [0.05, 0.1) is 0 Å². The van der Waals surface area contributed by atoms with Crippen molar-refractivity contribution in [2.75, 3.05) is 18.0 Å². The third-order valence-electron chi connectivity index (χ3n) is 5.05. The molecule has 3 rings (SSSR count). The highest BCUT2D eigenvalue weighted by Gasteiger charge is 2.39. The van der Waals surface area contributed by atoms with Crippen LogP contribution >= 0.6 is 11.6 Å². The van der Waals surface area contributed by atoms with Crippen molar-refractivity contribution in [1.29, 1.82) is 0 Å². The Morgan fingerprint density at radius 1 is 1.30 bits per heavy atom. The smallest absolute Gasteiger partial charge is 0.0426 e. The molecule has 1 aliphatic carbocycles. The summed E-state index contributed by atoms with van der Waals surface area (Å²) in [5, 5.41) is 4.72. The summed E-state index contributed by atoms with van der Waals surface area (Å²) in [5.41, 5.74) is 1.63. The lowest BCUT2D eigenvalue weighted by Gasteiger charge is -2.50. The van der Waals surface area contributed by atoms with Crippen LogP contribution in [0.3, 0.4) is 0 Å². The third-order valence-corrected chi connectivity index (χ3v) is 5.28. The number of nitrogens with one attached hydrogen (secondary N) is 1. The quantitative estimate of drug-likeness (QED) is 0.877. The minimum absolute atomic E-state index is 0.340. The molecule has 1 unspecified atom stereocenters. The maximum atomic E-state index is 6.19. The van der Waals surface area contributed by atoms with Crippen molar-refractivity contribution in [2.45, 2.75) is 57.0 Å². The van der Waals surface area contributed by atoms with Gasteiger partial charge >= 0.3 is 0 Å². The van der Waals surface area contributed by atoms with E-state index in [9.17, 15) is 0 Å². The molecule has 1 atom stereocenters. The van der Waals surface area contributed by atoms with Gasteiger partial charge < -0.3 is 10.2 Å². The molecule has 1 heterocycles. The van der Waals surface area contributed by atoms with Gasteiger partial charge in [-0.15, -0.1) is 0 Å². The summed E-state index contributed by atoms with van der Waals surface area (Å²) in [7, 11) is 0. The molecule has 2 aliphatic rings. The number of nitrogens with zero attached hydrogens (tertiary/aromatic N) is 1. The second-order valence-electron chi connectivity index (χ2n) is 6.39. The molecule has 1 saturated heterocycles. The average Bonchev–Trinajstić information content (AvgIpc) is 2.48. The van der Waals surface area contributed by atoms with Crippen LogP contribution in [0.2, 0.25) is 5.02 Å². The number of benzene rings is 1. The fourth-order valence-corrected chi connectivity index (χ4v) is 4.03. The van der Waals surface area contributed by atoms with Crippen molar-refractivity contribution in [3.05, 3.63) is 29.3 Å². The normalized spacial score (nSPS) is 25.9. The first-order valence-corrected chi connectivity index (χ1v) is 8.37. The Bertz CT molecular complexity index is 454. The lowest BCUT2D eigenvalue weighted by molar-refractivity contribution is 0.196. The van der Waals surface area contributed by atoms with E-state index in [1.807, 2.05) is 6.07 Å². The van der Waals surface area contributed by atoms with Crippen molar-refractivity contribution >= 4 is 17.3 Å². The van der Waals surface area contributed by atoms with Crippen LogP contribution in [-0.4, -0.2) is 24.7 Å². The highest BCUT2D eigenvalue weighted by atomic mass is 35.5. The molecular formula is C17H25ClN2. The molecule has 2 nitrogen and oxygen atoms in total. The van der Waals surface area contributed by atoms with E-state index >= 15 is 0 Å². The highest BCUT2D eigenvalue weighted by Crippen LogP contribution is 2.35. The largest absolute Gasteiger partial charge is 0.365 e. The van der Waals surface area contributed by atoms with Crippen LogP contribution in [0.5, 0.6) is 0 Å². The van der Waals surface area contributed by atoms with E-state index in [2.05, 4.69) is 35.3 Å². The minimum Gasteiger partial charge on any atom is -0.365 e. The topological polar surface area (TPSA) is 15.3 Å². The van der Waals surface area contributed by atoms with E-state index in [0.717, 1.165) is 18.1 Å². The standard InChI is InChI=1S/C17H25ClN2/c1-2-15-12-19-17(9-4-3-5-10-17)13-20(15)16-8-6-7-14(18)11-16/h6-8,11,15,19H,2-5,9-10,12-13H2,1H3. The molecule has 3 heteroatoms. The monoisotopic (exact) mass is 292 g/mol. The molecule has 0 amide bonds. The van der Waals surface area contributed by atoms with Crippen LogP contribution in [0.25, 0.3) is 0 Å². The predicted octanol–water partition coefficient (Wildman–Crippen LogP) is 4.23. The fraction of sp³-hybridized carbons (Fsp3) is 0.647. The SMILES string of the molecule is CCC1CNC2(CCCCC2)CN1c1cccc(Cl)c1. The molecular weight excluding hydrogens is 268 g/mol. The number of piperazine rings is 1. The Hall–Kier alpha value is -0.730. The van der Waals surface area contributed by atoms with Crippen molar-refractivity contribution < 1.29 is 0 Å². The first-order chi connectivity index (χ1) is 9.72. The van der Waals surface area contributed by atoms with E-state index in [4.69, 9.17) is 11.6 Å². The molecule has 20 heavy (non-hydrogen) atoms. The Morgan fingerprint density at radius 3 is 2.80 bits per heavy atom. The van der Waals surface area contributed by atoms with Gasteiger partial charge in [0.1, 0.15) is 0 Å². The summed E-state index contributed by atoms with van der Waals surface area (Å²) in [6, 6.07) is 8.94. The maximum Gasteiger partial charge on any atom is 0.0426 e. The summed E-state index contributed by atoms with van der Waals surface area (Å²) in [6.45, 7) is 4.51. The molecule has 1 N–H and O–H groups in total. The molecule has 0 radical (unpaired) electrons. The van der Waals surface area contributed by atoms with Crippen molar-refractivity contribution in [3.63, 3.8) is 0 Å². The number of anilines is 1. The zero-order valence-electron chi connectivity index (χ0n) is 12.4. The van der Waals surface area contributed by atoms with Crippen molar-refractivity contribution in [3.8, 4) is 0 Å². The maximum absolute atomic E-state index is 6.19. The molecule has 1 spiro atoms. The van der Waals surface area contributed by atoms with Crippen LogP contribution in [0.15, 0.2) is 24.3 Å². The number of rotatable bonds is 2. The zero-order chi connectivity index (χ0) is 14.0. The third kappa shape index (κ3) is 2.82. The molecule has 0 bridgehead atoms. The van der Waals surface area contributed by atoms with E-state index in [1.165, 1.54) is 44.2 Å². The summed E-state index contributed by atoms with van der Waals surface area (Å²) >= 11 is 6.19. The Kier molecular flexibility index (Phi) is 4.23. The summed E-state index contributed by atoms with van der Waals surface area (Å²) < 4.78 is 0.